The lowest BCUT2D eigenvalue weighted by Crippen LogP contribution is -2.15. The second-order valence-corrected chi connectivity index (χ2v) is 3.84. The average molecular weight is 231 g/mol. The van der Waals surface area contributed by atoms with E-state index in [0.29, 0.717) is 11.3 Å². The zero-order valence-corrected chi connectivity index (χ0v) is 9.37. The molecular formula is C13H13NO3. The number of aromatic nitrogens is 1. The van der Waals surface area contributed by atoms with Crippen LogP contribution in [0.1, 0.15) is 29.1 Å². The van der Waals surface area contributed by atoms with Crippen LogP contribution in [-0.2, 0) is 0 Å². The van der Waals surface area contributed by atoms with Gasteiger partial charge < -0.3 is 10.2 Å². The SMILES string of the molecule is CC(O)c1cc(O)cn1C(=O)c1ccccc1. The lowest BCUT2D eigenvalue weighted by atomic mass is 10.2. The number of hydrogen-bond acceptors (Lipinski definition) is 3. The van der Waals surface area contributed by atoms with E-state index in [1.54, 1.807) is 31.2 Å². The number of nitrogens with zero attached hydrogens (tertiary/aromatic N) is 1. The highest BCUT2D eigenvalue weighted by Gasteiger charge is 2.16. The Hall–Kier alpha value is -2.07. The van der Waals surface area contributed by atoms with Gasteiger partial charge in [0, 0.05) is 11.6 Å². The molecule has 0 aliphatic rings. The van der Waals surface area contributed by atoms with Crippen molar-refractivity contribution in [2.24, 2.45) is 0 Å². The molecule has 0 amide bonds. The van der Waals surface area contributed by atoms with Crippen LogP contribution >= 0.6 is 0 Å². The number of aromatic hydroxyl groups is 1. The molecule has 0 aliphatic carbocycles. The molecule has 2 rings (SSSR count). The fraction of sp³-hybridized carbons (Fsp3) is 0.154. The van der Waals surface area contributed by atoms with Crippen LogP contribution in [0.25, 0.3) is 0 Å². The third kappa shape index (κ3) is 2.21. The minimum absolute atomic E-state index is 0.0369. The third-order valence-corrected chi connectivity index (χ3v) is 2.50. The van der Waals surface area contributed by atoms with Crippen molar-refractivity contribution in [3.8, 4) is 5.75 Å². The predicted octanol–water partition coefficient (Wildman–Crippen LogP) is 1.94. The Kier molecular flexibility index (Phi) is 2.97. The number of hydrogen-bond donors (Lipinski definition) is 2. The van der Waals surface area contributed by atoms with Crippen LogP contribution in [0.5, 0.6) is 5.75 Å². The molecule has 2 N–H and O–H groups in total. The molecule has 0 spiro atoms. The van der Waals surface area contributed by atoms with Crippen molar-refractivity contribution in [3.63, 3.8) is 0 Å². The topological polar surface area (TPSA) is 62.5 Å². The normalized spacial score (nSPS) is 12.4. The highest BCUT2D eigenvalue weighted by atomic mass is 16.3. The maximum Gasteiger partial charge on any atom is 0.262 e. The van der Waals surface area contributed by atoms with Gasteiger partial charge in [-0.05, 0) is 19.1 Å². The van der Waals surface area contributed by atoms with Gasteiger partial charge in [0.1, 0.15) is 5.75 Å². The van der Waals surface area contributed by atoms with Crippen LogP contribution in [0.15, 0.2) is 42.6 Å². The number of carbonyl (C=O) groups is 1. The number of benzene rings is 1. The van der Waals surface area contributed by atoms with Gasteiger partial charge in [0.2, 0.25) is 0 Å². The standard InChI is InChI=1S/C13H13NO3/c1-9(15)12-7-11(16)8-14(12)13(17)10-5-3-2-4-6-10/h2-9,15-16H,1H3. The number of aliphatic hydroxyl groups is 1. The molecule has 1 aromatic heterocycles. The van der Waals surface area contributed by atoms with Crippen molar-refractivity contribution in [2.75, 3.05) is 0 Å². The molecule has 1 aromatic carbocycles. The molecule has 88 valence electrons. The van der Waals surface area contributed by atoms with E-state index in [4.69, 9.17) is 0 Å². The molecular weight excluding hydrogens is 218 g/mol. The van der Waals surface area contributed by atoms with E-state index in [-0.39, 0.29) is 11.7 Å². The third-order valence-electron chi connectivity index (χ3n) is 2.50. The van der Waals surface area contributed by atoms with Crippen molar-refractivity contribution in [1.29, 1.82) is 0 Å². The van der Waals surface area contributed by atoms with Crippen molar-refractivity contribution in [2.45, 2.75) is 13.0 Å². The highest BCUT2D eigenvalue weighted by molar-refractivity contribution is 5.96. The predicted molar refractivity (Wildman–Crippen MR) is 62.9 cm³/mol. The Balaban J connectivity index is 2.44. The maximum absolute atomic E-state index is 12.1. The molecule has 0 radical (unpaired) electrons. The largest absolute Gasteiger partial charge is 0.506 e. The zero-order chi connectivity index (χ0) is 12.4. The van der Waals surface area contributed by atoms with Gasteiger partial charge in [0.05, 0.1) is 18.0 Å². The first-order valence-corrected chi connectivity index (χ1v) is 5.28. The summed E-state index contributed by atoms with van der Waals surface area (Å²) in [6.45, 7) is 1.55. The fourth-order valence-corrected chi connectivity index (χ4v) is 1.68. The summed E-state index contributed by atoms with van der Waals surface area (Å²) in [6.07, 6.45) is 0.487. The van der Waals surface area contributed by atoms with E-state index in [2.05, 4.69) is 0 Å². The maximum atomic E-state index is 12.1. The Morgan fingerprint density at radius 3 is 2.53 bits per heavy atom. The first-order chi connectivity index (χ1) is 8.09. The highest BCUT2D eigenvalue weighted by Crippen LogP contribution is 2.21. The minimum atomic E-state index is -0.816. The average Bonchev–Trinajstić information content (AvgIpc) is 2.72. The summed E-state index contributed by atoms with van der Waals surface area (Å²) in [6, 6.07) is 10.1. The van der Waals surface area contributed by atoms with Gasteiger partial charge in [-0.3, -0.25) is 9.36 Å². The fourth-order valence-electron chi connectivity index (χ4n) is 1.68. The first-order valence-electron chi connectivity index (χ1n) is 5.28. The Morgan fingerprint density at radius 1 is 1.29 bits per heavy atom. The smallest absolute Gasteiger partial charge is 0.262 e. The summed E-state index contributed by atoms with van der Waals surface area (Å²) in [5.74, 6) is -0.313. The molecule has 1 atom stereocenters. The van der Waals surface area contributed by atoms with Gasteiger partial charge in [0.15, 0.2) is 0 Å². The molecule has 1 heterocycles. The molecule has 17 heavy (non-hydrogen) atoms. The molecule has 4 nitrogen and oxygen atoms in total. The second-order valence-electron chi connectivity index (χ2n) is 3.84. The van der Waals surface area contributed by atoms with E-state index in [1.807, 2.05) is 6.07 Å². The molecule has 0 fully saturated rings. The van der Waals surface area contributed by atoms with E-state index in [9.17, 15) is 15.0 Å². The van der Waals surface area contributed by atoms with E-state index >= 15 is 0 Å². The lowest BCUT2D eigenvalue weighted by Gasteiger charge is -2.09. The zero-order valence-electron chi connectivity index (χ0n) is 9.37. The van der Waals surface area contributed by atoms with E-state index in [1.165, 1.54) is 16.8 Å². The molecule has 0 saturated carbocycles. The van der Waals surface area contributed by atoms with E-state index < -0.39 is 6.10 Å². The number of rotatable bonds is 2. The summed E-state index contributed by atoms with van der Waals surface area (Å²) in [7, 11) is 0. The molecule has 0 bridgehead atoms. The van der Waals surface area contributed by atoms with Gasteiger partial charge in [-0.25, -0.2) is 0 Å². The van der Waals surface area contributed by atoms with Crippen LogP contribution < -0.4 is 0 Å². The monoisotopic (exact) mass is 231 g/mol. The van der Waals surface area contributed by atoms with Crippen molar-refractivity contribution in [3.05, 3.63) is 53.9 Å². The Morgan fingerprint density at radius 2 is 1.94 bits per heavy atom. The minimum Gasteiger partial charge on any atom is -0.506 e. The quantitative estimate of drug-likeness (QED) is 0.830. The Labute approximate surface area is 98.8 Å². The molecule has 1 unspecified atom stereocenters. The van der Waals surface area contributed by atoms with Gasteiger partial charge in [-0.2, -0.15) is 0 Å². The van der Waals surface area contributed by atoms with Crippen molar-refractivity contribution >= 4 is 5.91 Å². The molecule has 4 heteroatoms. The number of aliphatic hydroxyl groups excluding tert-OH is 1. The summed E-state index contributed by atoms with van der Waals surface area (Å²) in [5, 5.41) is 18.9. The first kappa shape index (κ1) is 11.4. The van der Waals surface area contributed by atoms with Crippen LogP contribution in [0.2, 0.25) is 0 Å². The van der Waals surface area contributed by atoms with Crippen LogP contribution in [0, 0.1) is 0 Å². The summed E-state index contributed by atoms with van der Waals surface area (Å²) in [5.41, 5.74) is 0.876. The molecule has 0 saturated heterocycles. The molecule has 0 aliphatic heterocycles. The van der Waals surface area contributed by atoms with Crippen molar-refractivity contribution < 1.29 is 15.0 Å². The second kappa shape index (κ2) is 4.43. The van der Waals surface area contributed by atoms with Gasteiger partial charge in [-0.15, -0.1) is 0 Å². The Bertz CT molecular complexity index is 529. The lowest BCUT2D eigenvalue weighted by molar-refractivity contribution is 0.0941. The summed E-state index contributed by atoms with van der Waals surface area (Å²) in [4.78, 5) is 12.1. The molecule has 2 aromatic rings. The van der Waals surface area contributed by atoms with Gasteiger partial charge in [0.25, 0.3) is 5.91 Å². The van der Waals surface area contributed by atoms with E-state index in [0.717, 1.165) is 0 Å². The number of carbonyl (C=O) groups excluding carboxylic acids is 1. The van der Waals surface area contributed by atoms with Gasteiger partial charge >= 0.3 is 0 Å². The van der Waals surface area contributed by atoms with Crippen molar-refractivity contribution in [1.82, 2.24) is 4.57 Å². The summed E-state index contributed by atoms with van der Waals surface area (Å²) >= 11 is 0. The van der Waals surface area contributed by atoms with Crippen LogP contribution in [0.4, 0.5) is 0 Å². The van der Waals surface area contributed by atoms with Gasteiger partial charge in [-0.1, -0.05) is 18.2 Å². The van der Waals surface area contributed by atoms with Crippen LogP contribution in [0.3, 0.4) is 0 Å². The van der Waals surface area contributed by atoms with Crippen LogP contribution in [-0.4, -0.2) is 20.7 Å². The summed E-state index contributed by atoms with van der Waals surface area (Å²) < 4.78 is 1.26.